The Morgan fingerprint density at radius 3 is 2.84 bits per heavy atom. The Morgan fingerprint density at radius 1 is 1.23 bits per heavy atom. The average Bonchev–Trinajstić information content (AvgIpc) is 2.81. The molecule has 0 aromatic carbocycles. The van der Waals surface area contributed by atoms with E-state index in [1.165, 1.54) is 0 Å². The van der Waals surface area contributed by atoms with Crippen LogP contribution in [-0.4, -0.2) is 48.7 Å². The van der Waals surface area contributed by atoms with Crippen LogP contribution in [0.3, 0.4) is 0 Å². The molecule has 0 saturated carbocycles. The highest BCUT2D eigenvalue weighted by molar-refractivity contribution is 6.33. The van der Waals surface area contributed by atoms with E-state index in [0.29, 0.717) is 23.3 Å². The maximum Gasteiger partial charge on any atom is 0.229 e. The smallest absolute Gasteiger partial charge is 0.229 e. The highest BCUT2D eigenvalue weighted by Crippen LogP contribution is 2.31. The lowest BCUT2D eigenvalue weighted by atomic mass is 9.99. The zero-order valence-electron chi connectivity index (χ0n) is 17.9. The van der Waals surface area contributed by atoms with Crippen LogP contribution in [0, 0.1) is 18.8 Å². The van der Waals surface area contributed by atoms with E-state index in [2.05, 4.69) is 32.0 Å². The number of aryl methyl sites for hydroxylation is 1. The number of pyridine rings is 2. The van der Waals surface area contributed by atoms with E-state index in [4.69, 9.17) is 16.3 Å². The third kappa shape index (κ3) is 5.73. The molecule has 31 heavy (non-hydrogen) atoms. The third-order valence-corrected chi connectivity index (χ3v) is 6.40. The van der Waals surface area contributed by atoms with Gasteiger partial charge in [0.15, 0.2) is 0 Å². The molecule has 0 spiro atoms. The van der Waals surface area contributed by atoms with Crippen LogP contribution in [0.2, 0.25) is 5.02 Å². The first-order chi connectivity index (χ1) is 15.1. The number of carbonyl (C=O) groups excluding carboxylic acids is 1. The molecule has 2 aliphatic heterocycles. The molecule has 8 heteroatoms. The number of carbonyl (C=O) groups is 1. The molecule has 7 nitrogen and oxygen atoms in total. The fourth-order valence-corrected chi connectivity index (χ4v) is 4.31. The third-order valence-electron chi connectivity index (χ3n) is 6.09. The number of anilines is 2. The molecule has 1 unspecified atom stereocenters. The molecule has 2 saturated heterocycles. The lowest BCUT2D eigenvalue weighted by molar-refractivity contribution is -0.120. The number of nitrogens with zero attached hydrogens (tertiary/aromatic N) is 2. The van der Waals surface area contributed by atoms with Crippen molar-refractivity contribution in [3.8, 4) is 11.1 Å². The zero-order chi connectivity index (χ0) is 21.6. The summed E-state index contributed by atoms with van der Waals surface area (Å²) in [6.45, 7) is 6.24. The van der Waals surface area contributed by atoms with E-state index in [-0.39, 0.29) is 11.8 Å². The Morgan fingerprint density at radius 2 is 2.06 bits per heavy atom. The maximum atomic E-state index is 12.6. The van der Waals surface area contributed by atoms with Crippen molar-refractivity contribution in [2.24, 2.45) is 11.8 Å². The van der Waals surface area contributed by atoms with Gasteiger partial charge in [-0.2, -0.15) is 0 Å². The number of nitrogens with one attached hydrogen (secondary N) is 3. The van der Waals surface area contributed by atoms with Gasteiger partial charge in [-0.05, 0) is 57.2 Å². The summed E-state index contributed by atoms with van der Waals surface area (Å²) in [7, 11) is 0. The lowest BCUT2D eigenvalue weighted by Crippen LogP contribution is -2.37. The van der Waals surface area contributed by atoms with Gasteiger partial charge in [0, 0.05) is 49.8 Å². The molecule has 1 amide bonds. The van der Waals surface area contributed by atoms with Gasteiger partial charge in [0.1, 0.15) is 5.82 Å². The highest BCUT2D eigenvalue weighted by atomic mass is 35.5. The fourth-order valence-electron chi connectivity index (χ4n) is 4.10. The van der Waals surface area contributed by atoms with Crippen molar-refractivity contribution in [1.82, 2.24) is 15.3 Å². The second-order valence-corrected chi connectivity index (χ2v) is 8.78. The Balaban J connectivity index is 1.48. The van der Waals surface area contributed by atoms with Crippen LogP contribution < -0.4 is 16.0 Å². The molecule has 4 heterocycles. The summed E-state index contributed by atoms with van der Waals surface area (Å²) < 4.78 is 5.45. The molecule has 166 valence electrons. The Labute approximate surface area is 188 Å². The van der Waals surface area contributed by atoms with Gasteiger partial charge in [0.05, 0.1) is 22.3 Å². The number of aromatic nitrogens is 2. The molecule has 2 aromatic rings. The van der Waals surface area contributed by atoms with Crippen molar-refractivity contribution < 1.29 is 9.53 Å². The summed E-state index contributed by atoms with van der Waals surface area (Å²) in [5.74, 6) is 1.08. The first-order valence-corrected chi connectivity index (χ1v) is 11.4. The normalized spacial score (nSPS) is 19.7. The molecule has 2 aliphatic rings. The van der Waals surface area contributed by atoms with Crippen LogP contribution in [0.1, 0.15) is 31.4 Å². The predicted octanol–water partition coefficient (Wildman–Crippen LogP) is 3.88. The van der Waals surface area contributed by atoms with Crippen LogP contribution in [0.25, 0.3) is 11.1 Å². The van der Waals surface area contributed by atoms with Gasteiger partial charge in [-0.25, -0.2) is 4.98 Å². The summed E-state index contributed by atoms with van der Waals surface area (Å²) in [4.78, 5) is 21.4. The van der Waals surface area contributed by atoms with Gasteiger partial charge in [-0.3, -0.25) is 9.78 Å². The van der Waals surface area contributed by atoms with E-state index >= 15 is 0 Å². The molecule has 3 N–H and O–H groups in total. The minimum absolute atomic E-state index is 0.00572. The molecular formula is C23H30ClN5O2. The second kappa shape index (κ2) is 10.4. The average molecular weight is 444 g/mol. The Bertz CT molecular complexity index is 911. The standard InChI is InChI=1S/C23H30ClN5O2/c1-15-21(27-11-16-4-7-31-8-5-16)9-18(13-26-15)19-10-22(28-14-20(19)24)29-23(30)17-3-2-6-25-12-17/h9-10,13-14,16-17,25,27H,2-8,11-12H2,1H3,(H,28,29,30). The summed E-state index contributed by atoms with van der Waals surface area (Å²) in [6, 6.07) is 3.89. The SMILES string of the molecule is Cc1ncc(-c2cc(NC(=O)C3CCCNC3)ncc2Cl)cc1NCC1CCOCC1. The van der Waals surface area contributed by atoms with Crippen molar-refractivity contribution in [3.05, 3.63) is 35.2 Å². The minimum Gasteiger partial charge on any atom is -0.383 e. The molecule has 2 fully saturated rings. The van der Waals surface area contributed by atoms with Crippen molar-refractivity contribution in [1.29, 1.82) is 0 Å². The van der Waals surface area contributed by atoms with Crippen molar-refractivity contribution >= 4 is 29.0 Å². The molecule has 2 aromatic heterocycles. The first kappa shape index (κ1) is 22.0. The molecular weight excluding hydrogens is 414 g/mol. The fraction of sp³-hybridized carbons (Fsp3) is 0.522. The van der Waals surface area contributed by atoms with Gasteiger partial charge in [0.2, 0.25) is 5.91 Å². The van der Waals surface area contributed by atoms with Crippen molar-refractivity contribution in [2.75, 3.05) is 43.5 Å². The quantitative estimate of drug-likeness (QED) is 0.627. The van der Waals surface area contributed by atoms with E-state index in [0.717, 1.165) is 74.5 Å². The zero-order valence-corrected chi connectivity index (χ0v) is 18.7. The molecule has 0 radical (unpaired) electrons. The van der Waals surface area contributed by atoms with Crippen LogP contribution in [-0.2, 0) is 9.53 Å². The predicted molar refractivity (Wildman–Crippen MR) is 123 cm³/mol. The topological polar surface area (TPSA) is 88.2 Å². The van der Waals surface area contributed by atoms with Crippen LogP contribution in [0.15, 0.2) is 24.5 Å². The van der Waals surface area contributed by atoms with Crippen LogP contribution in [0.4, 0.5) is 11.5 Å². The maximum absolute atomic E-state index is 12.6. The van der Waals surface area contributed by atoms with Crippen molar-refractivity contribution in [2.45, 2.75) is 32.6 Å². The minimum atomic E-state index is -0.0308. The van der Waals surface area contributed by atoms with Gasteiger partial charge < -0.3 is 20.7 Å². The molecule has 1 atom stereocenters. The summed E-state index contributed by atoms with van der Waals surface area (Å²) in [5, 5.41) is 10.3. The Hall–Kier alpha value is -2.22. The Kier molecular flexibility index (Phi) is 7.37. The monoisotopic (exact) mass is 443 g/mol. The number of piperidine rings is 1. The number of ether oxygens (including phenoxy) is 1. The van der Waals surface area contributed by atoms with Crippen LogP contribution >= 0.6 is 11.6 Å². The highest BCUT2D eigenvalue weighted by Gasteiger charge is 2.21. The van der Waals surface area contributed by atoms with Gasteiger partial charge in [-0.1, -0.05) is 11.6 Å². The number of hydrogen-bond donors (Lipinski definition) is 3. The molecule has 0 bridgehead atoms. The first-order valence-electron chi connectivity index (χ1n) is 11.1. The number of amides is 1. The van der Waals surface area contributed by atoms with E-state index in [1.54, 1.807) is 6.20 Å². The van der Waals surface area contributed by atoms with E-state index in [1.807, 2.05) is 19.2 Å². The number of rotatable bonds is 6. The summed E-state index contributed by atoms with van der Waals surface area (Å²) in [6.07, 6.45) is 7.46. The van der Waals surface area contributed by atoms with Gasteiger partial charge in [-0.15, -0.1) is 0 Å². The number of hydrogen-bond acceptors (Lipinski definition) is 6. The van der Waals surface area contributed by atoms with Crippen LogP contribution in [0.5, 0.6) is 0 Å². The second-order valence-electron chi connectivity index (χ2n) is 8.38. The lowest BCUT2D eigenvalue weighted by Gasteiger charge is -2.23. The molecule has 4 rings (SSSR count). The largest absolute Gasteiger partial charge is 0.383 e. The number of halogens is 1. The summed E-state index contributed by atoms with van der Waals surface area (Å²) in [5.41, 5.74) is 3.63. The summed E-state index contributed by atoms with van der Waals surface area (Å²) >= 11 is 6.46. The van der Waals surface area contributed by atoms with Gasteiger partial charge >= 0.3 is 0 Å². The van der Waals surface area contributed by atoms with Gasteiger partial charge in [0.25, 0.3) is 0 Å². The molecule has 0 aliphatic carbocycles. The van der Waals surface area contributed by atoms with E-state index < -0.39 is 0 Å². The van der Waals surface area contributed by atoms with E-state index in [9.17, 15) is 4.79 Å². The van der Waals surface area contributed by atoms with Crippen molar-refractivity contribution in [3.63, 3.8) is 0 Å².